The Morgan fingerprint density at radius 2 is 1.97 bits per heavy atom. The number of fused-ring (bicyclic) bond motifs is 2. The van der Waals surface area contributed by atoms with Crippen LogP contribution >= 0.6 is 0 Å². The van der Waals surface area contributed by atoms with Crippen molar-refractivity contribution in [2.45, 2.75) is 51.7 Å². The number of hydrogen-bond acceptors (Lipinski definition) is 7. The van der Waals surface area contributed by atoms with E-state index < -0.39 is 28.9 Å². The second-order valence-corrected chi connectivity index (χ2v) is 10.7. The summed E-state index contributed by atoms with van der Waals surface area (Å²) in [4.78, 5) is 2.29. The quantitative estimate of drug-likeness (QED) is 0.426. The fraction of sp³-hybridized carbons (Fsp3) is 0.500. The van der Waals surface area contributed by atoms with Crippen LogP contribution in [-0.2, 0) is 10.7 Å². The van der Waals surface area contributed by atoms with E-state index in [1.54, 1.807) is 6.92 Å². The highest BCUT2D eigenvalue weighted by Gasteiger charge is 2.49. The van der Waals surface area contributed by atoms with E-state index in [2.05, 4.69) is 20.4 Å². The van der Waals surface area contributed by atoms with Crippen molar-refractivity contribution in [1.82, 2.24) is 10.2 Å². The third-order valence-corrected chi connectivity index (χ3v) is 7.46. The summed E-state index contributed by atoms with van der Waals surface area (Å²) in [5, 5.41) is 23.4. The van der Waals surface area contributed by atoms with Crippen molar-refractivity contribution >= 4 is 22.3 Å². The number of rotatable bonds is 7. The molecule has 1 aromatic heterocycles. The van der Waals surface area contributed by atoms with Crippen molar-refractivity contribution in [2.75, 3.05) is 43.1 Å². The van der Waals surface area contributed by atoms with Gasteiger partial charge in [0.15, 0.2) is 5.82 Å². The van der Waals surface area contributed by atoms with Crippen LogP contribution < -0.4 is 15.0 Å². The number of benzene rings is 2. The van der Waals surface area contributed by atoms with E-state index in [0.717, 1.165) is 74.8 Å². The number of nitrogens with one attached hydrogen (secondary N) is 1. The van der Waals surface area contributed by atoms with Gasteiger partial charge in [0.05, 0.1) is 36.1 Å². The molecule has 10 heteroatoms. The van der Waals surface area contributed by atoms with Crippen LogP contribution in [0.3, 0.4) is 0 Å². The molecule has 3 aromatic rings. The highest BCUT2D eigenvalue weighted by Crippen LogP contribution is 2.42. The zero-order valence-corrected chi connectivity index (χ0v) is 22.0. The van der Waals surface area contributed by atoms with Gasteiger partial charge in [-0.3, -0.25) is 0 Å². The molecule has 0 spiro atoms. The maximum absolute atomic E-state index is 15.4. The number of halogens is 3. The van der Waals surface area contributed by atoms with Gasteiger partial charge < -0.3 is 24.8 Å². The van der Waals surface area contributed by atoms with Gasteiger partial charge in [0.1, 0.15) is 23.8 Å². The molecule has 1 saturated heterocycles. The Balaban J connectivity index is 1.50. The molecule has 2 aliphatic rings. The third kappa shape index (κ3) is 4.75. The zero-order valence-electron chi connectivity index (χ0n) is 22.0. The molecule has 0 saturated carbocycles. The molecule has 0 aliphatic carbocycles. The second kappa shape index (κ2) is 9.89. The number of aryl methyl sites for hydroxylation is 1. The Kier molecular flexibility index (Phi) is 6.89. The first kappa shape index (κ1) is 26.5. The summed E-state index contributed by atoms with van der Waals surface area (Å²) in [5.41, 5.74) is -1.60. The van der Waals surface area contributed by atoms with Crippen LogP contribution in [0.5, 0.6) is 5.75 Å². The number of aromatic nitrogens is 2. The largest absolute Gasteiger partial charge is 0.490 e. The summed E-state index contributed by atoms with van der Waals surface area (Å²) in [6.45, 7) is 9.15. The van der Waals surface area contributed by atoms with Crippen molar-refractivity contribution in [3.05, 3.63) is 53.0 Å². The Bertz CT molecular complexity index is 1340. The van der Waals surface area contributed by atoms with Crippen molar-refractivity contribution in [1.29, 1.82) is 0 Å². The summed E-state index contributed by atoms with van der Waals surface area (Å²) >= 11 is 0. The van der Waals surface area contributed by atoms with E-state index in [-0.39, 0.29) is 5.56 Å². The molecule has 2 N–H and O–H groups in total. The van der Waals surface area contributed by atoms with Crippen molar-refractivity contribution < 1.29 is 27.8 Å². The molecule has 0 amide bonds. The topological polar surface area (TPSA) is 79.7 Å². The van der Waals surface area contributed by atoms with E-state index in [1.807, 2.05) is 19.1 Å². The summed E-state index contributed by atoms with van der Waals surface area (Å²) in [5.74, 6) is -3.22. The predicted octanol–water partition coefficient (Wildman–Crippen LogP) is 5.35. The first-order chi connectivity index (χ1) is 18.0. The van der Waals surface area contributed by atoms with Gasteiger partial charge in [0, 0.05) is 35.4 Å². The van der Waals surface area contributed by atoms with Crippen LogP contribution in [0.4, 0.5) is 24.7 Å². The van der Waals surface area contributed by atoms with Crippen molar-refractivity contribution in [2.24, 2.45) is 5.92 Å². The number of anilines is 2. The summed E-state index contributed by atoms with van der Waals surface area (Å²) in [7, 11) is 0. The van der Waals surface area contributed by atoms with Gasteiger partial charge in [-0.15, -0.1) is 5.10 Å². The van der Waals surface area contributed by atoms with E-state index >= 15 is 4.39 Å². The molecule has 2 aromatic carbocycles. The van der Waals surface area contributed by atoms with E-state index in [0.29, 0.717) is 24.0 Å². The van der Waals surface area contributed by atoms with Crippen LogP contribution in [-0.4, -0.2) is 53.8 Å². The Morgan fingerprint density at radius 3 is 2.68 bits per heavy atom. The zero-order chi connectivity index (χ0) is 27.2. The van der Waals surface area contributed by atoms with E-state index in [1.165, 1.54) is 12.1 Å². The summed E-state index contributed by atoms with van der Waals surface area (Å²) < 4.78 is 56.6. The molecule has 2 atom stereocenters. The normalized spacial score (nSPS) is 18.8. The molecular weight excluding hydrogens is 497 g/mol. The van der Waals surface area contributed by atoms with Crippen LogP contribution in [0.25, 0.3) is 10.8 Å². The van der Waals surface area contributed by atoms with E-state index in [4.69, 9.17) is 9.47 Å². The smallest absolute Gasteiger partial charge is 0.303 e. The minimum atomic E-state index is -3.78. The fourth-order valence-corrected chi connectivity index (χ4v) is 5.12. The van der Waals surface area contributed by atoms with Gasteiger partial charge in [-0.1, -0.05) is 12.1 Å². The fourth-order valence-electron chi connectivity index (χ4n) is 5.12. The lowest BCUT2D eigenvalue weighted by Gasteiger charge is -2.33. The van der Waals surface area contributed by atoms with Gasteiger partial charge in [0.25, 0.3) is 0 Å². The molecule has 2 unspecified atom stereocenters. The van der Waals surface area contributed by atoms with Gasteiger partial charge in [-0.2, -0.15) is 13.9 Å². The summed E-state index contributed by atoms with van der Waals surface area (Å²) in [6, 6.07) is 7.05. The monoisotopic (exact) mass is 530 g/mol. The van der Waals surface area contributed by atoms with Gasteiger partial charge in [0.2, 0.25) is 0 Å². The maximum Gasteiger partial charge on any atom is 0.303 e. The van der Waals surface area contributed by atoms with Crippen LogP contribution in [0.15, 0.2) is 30.3 Å². The van der Waals surface area contributed by atoms with Gasteiger partial charge >= 0.3 is 5.92 Å². The summed E-state index contributed by atoms with van der Waals surface area (Å²) in [6.07, 6.45) is 1.02. The maximum atomic E-state index is 15.4. The first-order valence-electron chi connectivity index (χ1n) is 12.9. The average molecular weight is 531 g/mol. The Morgan fingerprint density at radius 1 is 1.18 bits per heavy atom. The SMILES string of the molecule is Cc1nnc(NC(C)c2cccc(C(F)(F)C(C)(C)O)c2F)c2cc3c(cc12)OCCN3CC1CCOC1. The number of alkyl halides is 2. The molecule has 204 valence electrons. The van der Waals surface area contributed by atoms with Crippen LogP contribution in [0, 0.1) is 18.7 Å². The lowest BCUT2D eigenvalue weighted by molar-refractivity contribution is -0.170. The van der Waals surface area contributed by atoms with Crippen LogP contribution in [0.1, 0.15) is 50.1 Å². The standard InChI is InChI=1S/C28H33F3N4O3/c1-16(19-6-5-7-22(25(19)29)28(30,31)27(3,4)36)32-26-21-12-23-24(13-20(21)17(2)33-34-26)38-11-9-35(23)14-18-8-10-37-15-18/h5-7,12-13,16,18,36H,8-11,14-15H2,1-4H3,(H,32,34). The van der Waals surface area contributed by atoms with Crippen molar-refractivity contribution in [3.8, 4) is 5.75 Å². The lowest BCUT2D eigenvalue weighted by Crippen LogP contribution is -2.41. The number of aliphatic hydroxyl groups is 1. The van der Waals surface area contributed by atoms with Gasteiger partial charge in [-0.25, -0.2) is 4.39 Å². The minimum absolute atomic E-state index is 0.0334. The number of nitrogens with zero attached hydrogens (tertiary/aromatic N) is 3. The Hall–Kier alpha value is -3.11. The van der Waals surface area contributed by atoms with Crippen LogP contribution in [0.2, 0.25) is 0 Å². The molecule has 7 nitrogen and oxygen atoms in total. The second-order valence-electron chi connectivity index (χ2n) is 10.7. The van der Waals surface area contributed by atoms with Gasteiger partial charge in [-0.05, 0) is 52.3 Å². The molecular formula is C28H33F3N4O3. The van der Waals surface area contributed by atoms with E-state index in [9.17, 15) is 13.9 Å². The average Bonchev–Trinajstić information content (AvgIpc) is 3.37. The van der Waals surface area contributed by atoms with Crippen molar-refractivity contribution in [3.63, 3.8) is 0 Å². The minimum Gasteiger partial charge on any atom is -0.490 e. The lowest BCUT2D eigenvalue weighted by atomic mass is 9.91. The molecule has 1 fully saturated rings. The number of ether oxygens (including phenoxy) is 2. The first-order valence-corrected chi connectivity index (χ1v) is 12.9. The number of hydrogen-bond donors (Lipinski definition) is 2. The molecule has 3 heterocycles. The molecule has 38 heavy (non-hydrogen) atoms. The highest BCUT2D eigenvalue weighted by molar-refractivity contribution is 5.97. The Labute approximate surface area is 220 Å². The highest BCUT2D eigenvalue weighted by atomic mass is 19.3. The molecule has 5 rings (SSSR count). The third-order valence-electron chi connectivity index (χ3n) is 7.46. The molecule has 2 aliphatic heterocycles. The predicted molar refractivity (Wildman–Crippen MR) is 140 cm³/mol. The molecule has 0 bridgehead atoms. The molecule has 0 radical (unpaired) electrons.